The molecule has 0 radical (unpaired) electrons. The summed E-state index contributed by atoms with van der Waals surface area (Å²) in [6, 6.07) is 3.14. The molecular formula is C13H15FN2O3. The maximum absolute atomic E-state index is 13.5. The van der Waals surface area contributed by atoms with Crippen molar-refractivity contribution in [3.8, 4) is 0 Å². The number of carbonyl (C=O) groups is 1. The molecular weight excluding hydrogens is 251 g/mol. The molecule has 0 aliphatic carbocycles. The van der Waals surface area contributed by atoms with Gasteiger partial charge in [0.2, 0.25) is 5.82 Å². The van der Waals surface area contributed by atoms with Gasteiger partial charge in [-0.3, -0.25) is 14.9 Å². The Morgan fingerprint density at radius 2 is 2.16 bits per heavy atom. The van der Waals surface area contributed by atoms with Crippen LogP contribution in [0, 0.1) is 15.9 Å². The third-order valence-corrected chi connectivity index (χ3v) is 2.52. The van der Waals surface area contributed by atoms with Gasteiger partial charge < -0.3 is 4.90 Å². The highest BCUT2D eigenvalue weighted by Crippen LogP contribution is 2.19. The molecule has 0 unspecified atom stereocenters. The van der Waals surface area contributed by atoms with Crippen molar-refractivity contribution in [2.45, 2.75) is 13.8 Å². The van der Waals surface area contributed by atoms with E-state index in [1.54, 1.807) is 13.8 Å². The van der Waals surface area contributed by atoms with Gasteiger partial charge in [-0.15, -0.1) is 0 Å². The first-order valence-corrected chi connectivity index (χ1v) is 5.74. The highest BCUT2D eigenvalue weighted by Gasteiger charge is 2.19. The summed E-state index contributed by atoms with van der Waals surface area (Å²) in [4.78, 5) is 23.3. The van der Waals surface area contributed by atoms with Gasteiger partial charge in [0.15, 0.2) is 0 Å². The van der Waals surface area contributed by atoms with Crippen molar-refractivity contribution < 1.29 is 14.1 Å². The molecule has 0 saturated carbocycles. The van der Waals surface area contributed by atoms with Crippen molar-refractivity contribution in [1.82, 2.24) is 4.90 Å². The molecule has 19 heavy (non-hydrogen) atoms. The second-order valence-corrected chi connectivity index (χ2v) is 4.20. The maximum atomic E-state index is 13.5. The molecule has 0 N–H and O–H groups in total. The van der Waals surface area contributed by atoms with Crippen LogP contribution in [0.1, 0.15) is 24.2 Å². The Balaban J connectivity index is 3.02. The summed E-state index contributed by atoms with van der Waals surface area (Å²) < 4.78 is 13.5. The fourth-order valence-corrected chi connectivity index (χ4v) is 1.62. The molecule has 0 aliphatic rings. The van der Waals surface area contributed by atoms with Crippen molar-refractivity contribution in [2.75, 3.05) is 13.1 Å². The van der Waals surface area contributed by atoms with Crippen LogP contribution in [0.3, 0.4) is 0 Å². The summed E-state index contributed by atoms with van der Waals surface area (Å²) >= 11 is 0. The van der Waals surface area contributed by atoms with E-state index in [1.807, 2.05) is 0 Å². The predicted octanol–water partition coefficient (Wildman–Crippen LogP) is 2.77. The second-order valence-electron chi connectivity index (χ2n) is 4.20. The molecule has 0 heterocycles. The molecule has 1 amide bonds. The molecule has 0 fully saturated rings. The SMILES string of the molecule is C=C(C)CN(CC)C(=O)c1ccc([N+](=O)[O-])c(F)c1. The normalized spacial score (nSPS) is 10.1. The molecule has 0 atom stereocenters. The number of hydrogen-bond acceptors (Lipinski definition) is 3. The van der Waals surface area contributed by atoms with E-state index in [4.69, 9.17) is 0 Å². The van der Waals surface area contributed by atoms with Gasteiger partial charge in [-0.2, -0.15) is 4.39 Å². The van der Waals surface area contributed by atoms with Gasteiger partial charge in [0, 0.05) is 24.7 Å². The third kappa shape index (κ3) is 3.61. The average Bonchev–Trinajstić information content (AvgIpc) is 2.34. The molecule has 0 saturated heterocycles. The van der Waals surface area contributed by atoms with E-state index in [0.29, 0.717) is 13.1 Å². The fourth-order valence-electron chi connectivity index (χ4n) is 1.62. The number of nitro benzene ring substituents is 1. The first kappa shape index (κ1) is 14.8. The Kier molecular flexibility index (Phi) is 4.74. The lowest BCUT2D eigenvalue weighted by Gasteiger charge is -2.20. The molecule has 1 aromatic carbocycles. The summed E-state index contributed by atoms with van der Waals surface area (Å²) in [7, 11) is 0. The van der Waals surface area contributed by atoms with Gasteiger partial charge in [0.1, 0.15) is 0 Å². The number of rotatable bonds is 5. The number of amides is 1. The van der Waals surface area contributed by atoms with Crippen LogP contribution in [-0.4, -0.2) is 28.8 Å². The topological polar surface area (TPSA) is 63.5 Å². The molecule has 5 nitrogen and oxygen atoms in total. The van der Waals surface area contributed by atoms with Gasteiger partial charge in [-0.1, -0.05) is 12.2 Å². The summed E-state index contributed by atoms with van der Waals surface area (Å²) in [6.45, 7) is 8.11. The van der Waals surface area contributed by atoms with Crippen LogP contribution in [0.15, 0.2) is 30.4 Å². The predicted molar refractivity (Wildman–Crippen MR) is 69.4 cm³/mol. The first-order chi connectivity index (χ1) is 8.86. The van der Waals surface area contributed by atoms with Gasteiger partial charge in [0.25, 0.3) is 5.91 Å². The minimum Gasteiger partial charge on any atom is -0.335 e. The van der Waals surface area contributed by atoms with Crippen LogP contribution in [0.25, 0.3) is 0 Å². The molecule has 102 valence electrons. The monoisotopic (exact) mass is 266 g/mol. The lowest BCUT2D eigenvalue weighted by atomic mass is 10.1. The zero-order valence-electron chi connectivity index (χ0n) is 10.9. The molecule has 1 rings (SSSR count). The van der Waals surface area contributed by atoms with E-state index >= 15 is 0 Å². The van der Waals surface area contributed by atoms with Crippen molar-refractivity contribution in [3.63, 3.8) is 0 Å². The Morgan fingerprint density at radius 1 is 1.53 bits per heavy atom. The number of nitro groups is 1. The molecule has 0 aliphatic heterocycles. The van der Waals surface area contributed by atoms with E-state index in [1.165, 1.54) is 11.0 Å². The second kappa shape index (κ2) is 6.08. The van der Waals surface area contributed by atoms with E-state index in [0.717, 1.165) is 17.7 Å². The number of benzene rings is 1. The van der Waals surface area contributed by atoms with E-state index in [9.17, 15) is 19.3 Å². The van der Waals surface area contributed by atoms with Crippen LogP contribution in [0.5, 0.6) is 0 Å². The molecule has 1 aromatic rings. The average molecular weight is 266 g/mol. The number of likely N-dealkylation sites (N-methyl/N-ethyl adjacent to an activating group) is 1. The minimum atomic E-state index is -1.01. The van der Waals surface area contributed by atoms with Gasteiger partial charge in [-0.05, 0) is 26.0 Å². The van der Waals surface area contributed by atoms with Crippen LogP contribution in [-0.2, 0) is 0 Å². The number of halogens is 1. The van der Waals surface area contributed by atoms with Crippen LogP contribution in [0.2, 0.25) is 0 Å². The number of carbonyl (C=O) groups excluding carboxylic acids is 1. The Hall–Kier alpha value is -2.24. The zero-order valence-corrected chi connectivity index (χ0v) is 10.9. The summed E-state index contributed by atoms with van der Waals surface area (Å²) in [5.41, 5.74) is 0.253. The standard InChI is InChI=1S/C13H15FN2O3/c1-4-15(8-9(2)3)13(17)10-5-6-12(16(18)19)11(14)7-10/h5-7H,2,4,8H2,1,3H3. The smallest absolute Gasteiger partial charge is 0.304 e. The molecule has 0 spiro atoms. The summed E-state index contributed by atoms with van der Waals surface area (Å²) in [5, 5.41) is 10.5. The zero-order chi connectivity index (χ0) is 14.6. The van der Waals surface area contributed by atoms with E-state index < -0.39 is 16.4 Å². The van der Waals surface area contributed by atoms with E-state index in [2.05, 4.69) is 6.58 Å². The van der Waals surface area contributed by atoms with Gasteiger partial charge >= 0.3 is 5.69 Å². The molecule has 6 heteroatoms. The Labute approximate surface area is 110 Å². The number of hydrogen-bond donors (Lipinski definition) is 0. The van der Waals surface area contributed by atoms with Crippen molar-refractivity contribution in [2.24, 2.45) is 0 Å². The van der Waals surface area contributed by atoms with Crippen LogP contribution >= 0.6 is 0 Å². The summed E-state index contributed by atoms with van der Waals surface area (Å²) in [6.07, 6.45) is 0. The summed E-state index contributed by atoms with van der Waals surface area (Å²) in [5.74, 6) is -1.39. The number of nitrogens with zero attached hydrogens (tertiary/aromatic N) is 2. The first-order valence-electron chi connectivity index (χ1n) is 5.74. The highest BCUT2D eigenvalue weighted by molar-refractivity contribution is 5.94. The minimum absolute atomic E-state index is 0.0891. The van der Waals surface area contributed by atoms with Gasteiger partial charge in [-0.25, -0.2) is 0 Å². The van der Waals surface area contributed by atoms with Crippen LogP contribution < -0.4 is 0 Å². The lowest BCUT2D eigenvalue weighted by molar-refractivity contribution is -0.387. The molecule has 0 bridgehead atoms. The van der Waals surface area contributed by atoms with Crippen molar-refractivity contribution in [1.29, 1.82) is 0 Å². The lowest BCUT2D eigenvalue weighted by Crippen LogP contribution is -2.32. The van der Waals surface area contributed by atoms with Crippen molar-refractivity contribution in [3.05, 3.63) is 51.8 Å². The maximum Gasteiger partial charge on any atom is 0.304 e. The fraction of sp³-hybridized carbons (Fsp3) is 0.308. The highest BCUT2D eigenvalue weighted by atomic mass is 19.1. The van der Waals surface area contributed by atoms with Crippen molar-refractivity contribution >= 4 is 11.6 Å². The third-order valence-electron chi connectivity index (χ3n) is 2.52. The Morgan fingerprint density at radius 3 is 2.58 bits per heavy atom. The van der Waals surface area contributed by atoms with Crippen LogP contribution in [0.4, 0.5) is 10.1 Å². The van der Waals surface area contributed by atoms with Gasteiger partial charge in [0.05, 0.1) is 4.92 Å². The molecule has 0 aromatic heterocycles. The largest absolute Gasteiger partial charge is 0.335 e. The Bertz CT molecular complexity index is 529. The quantitative estimate of drug-likeness (QED) is 0.467. The van der Waals surface area contributed by atoms with E-state index in [-0.39, 0.29) is 11.5 Å².